The van der Waals surface area contributed by atoms with Gasteiger partial charge in [0.05, 0.1) is 12.2 Å². The van der Waals surface area contributed by atoms with E-state index in [2.05, 4.69) is 0 Å². The van der Waals surface area contributed by atoms with Crippen molar-refractivity contribution in [3.63, 3.8) is 0 Å². The average Bonchev–Trinajstić information content (AvgIpc) is 2.19. The molecule has 76 valence electrons. The van der Waals surface area contributed by atoms with Gasteiger partial charge in [0.25, 0.3) is 0 Å². The van der Waals surface area contributed by atoms with Crippen LogP contribution >= 0.6 is 11.8 Å². The molecule has 0 aliphatic rings. The molecular formula is C10H12O3S. The number of carbonyl (C=O) groups is 1. The van der Waals surface area contributed by atoms with Crippen molar-refractivity contribution in [2.24, 2.45) is 0 Å². The van der Waals surface area contributed by atoms with E-state index in [9.17, 15) is 4.79 Å². The fourth-order valence-electron chi connectivity index (χ4n) is 1.10. The first kappa shape index (κ1) is 11.1. The lowest BCUT2D eigenvalue weighted by Gasteiger charge is -2.04. The third kappa shape index (κ3) is 3.05. The number of aliphatic hydroxyl groups excluding tert-OH is 1. The molecule has 0 aliphatic heterocycles. The van der Waals surface area contributed by atoms with Gasteiger partial charge in [0.1, 0.15) is 0 Å². The van der Waals surface area contributed by atoms with Gasteiger partial charge in [-0.05, 0) is 11.6 Å². The van der Waals surface area contributed by atoms with E-state index in [1.165, 1.54) is 11.8 Å². The molecule has 0 radical (unpaired) electrons. The summed E-state index contributed by atoms with van der Waals surface area (Å²) in [7, 11) is 0. The third-order valence-corrected chi connectivity index (χ3v) is 2.73. The highest BCUT2D eigenvalue weighted by atomic mass is 32.2. The Kier molecular flexibility index (Phi) is 4.49. The Morgan fingerprint density at radius 3 is 2.71 bits per heavy atom. The largest absolute Gasteiger partial charge is 0.478 e. The summed E-state index contributed by atoms with van der Waals surface area (Å²) in [5, 5.41) is 17.4. The molecule has 3 nitrogen and oxygen atoms in total. The molecule has 0 atom stereocenters. The lowest BCUT2D eigenvalue weighted by Crippen LogP contribution is -2.01. The van der Waals surface area contributed by atoms with Crippen LogP contribution in [-0.4, -0.2) is 28.5 Å². The Morgan fingerprint density at radius 2 is 2.07 bits per heavy atom. The predicted octanol–water partition coefficient (Wildman–Crippen LogP) is 1.61. The van der Waals surface area contributed by atoms with Crippen LogP contribution in [-0.2, 0) is 5.75 Å². The van der Waals surface area contributed by atoms with Crippen LogP contribution in [0.25, 0.3) is 0 Å². The van der Waals surface area contributed by atoms with Gasteiger partial charge in [-0.3, -0.25) is 0 Å². The van der Waals surface area contributed by atoms with E-state index in [4.69, 9.17) is 10.2 Å². The summed E-state index contributed by atoms with van der Waals surface area (Å²) in [5.74, 6) is 0.363. The second-order valence-electron chi connectivity index (χ2n) is 2.74. The van der Waals surface area contributed by atoms with Crippen molar-refractivity contribution in [3.05, 3.63) is 35.4 Å². The number of aliphatic hydroxyl groups is 1. The highest BCUT2D eigenvalue weighted by Crippen LogP contribution is 2.16. The Morgan fingerprint density at radius 1 is 1.36 bits per heavy atom. The minimum absolute atomic E-state index is 0.125. The summed E-state index contributed by atoms with van der Waals surface area (Å²) in [6.45, 7) is 0.125. The van der Waals surface area contributed by atoms with Gasteiger partial charge in [-0.15, -0.1) is 0 Å². The third-order valence-electron chi connectivity index (χ3n) is 1.74. The van der Waals surface area contributed by atoms with E-state index in [-0.39, 0.29) is 6.61 Å². The van der Waals surface area contributed by atoms with E-state index >= 15 is 0 Å². The van der Waals surface area contributed by atoms with Gasteiger partial charge < -0.3 is 10.2 Å². The van der Waals surface area contributed by atoms with E-state index < -0.39 is 5.97 Å². The molecule has 0 bridgehead atoms. The maximum atomic E-state index is 10.8. The Labute approximate surface area is 86.8 Å². The van der Waals surface area contributed by atoms with Crippen LogP contribution in [0.5, 0.6) is 0 Å². The van der Waals surface area contributed by atoms with E-state index in [1.807, 2.05) is 6.07 Å². The molecule has 1 rings (SSSR count). The van der Waals surface area contributed by atoms with Gasteiger partial charge in [-0.1, -0.05) is 18.2 Å². The van der Waals surface area contributed by atoms with Crippen LogP contribution in [0.4, 0.5) is 0 Å². The van der Waals surface area contributed by atoms with Crippen LogP contribution in [0.1, 0.15) is 15.9 Å². The molecule has 1 aromatic carbocycles. The molecule has 2 N–H and O–H groups in total. The smallest absolute Gasteiger partial charge is 0.335 e. The summed E-state index contributed by atoms with van der Waals surface area (Å²) in [5.41, 5.74) is 1.15. The first-order valence-electron chi connectivity index (χ1n) is 4.25. The van der Waals surface area contributed by atoms with Crippen LogP contribution in [0.2, 0.25) is 0 Å². The molecule has 0 heterocycles. The second kappa shape index (κ2) is 5.67. The van der Waals surface area contributed by atoms with Gasteiger partial charge in [-0.25, -0.2) is 4.79 Å². The zero-order valence-corrected chi connectivity index (χ0v) is 8.46. The summed E-state index contributed by atoms with van der Waals surface area (Å²) < 4.78 is 0. The van der Waals surface area contributed by atoms with Gasteiger partial charge >= 0.3 is 5.97 Å². The second-order valence-corrected chi connectivity index (χ2v) is 3.84. The van der Waals surface area contributed by atoms with Gasteiger partial charge in [-0.2, -0.15) is 11.8 Å². The summed E-state index contributed by atoms with van der Waals surface area (Å²) >= 11 is 1.52. The quantitative estimate of drug-likeness (QED) is 0.728. The van der Waals surface area contributed by atoms with Crippen molar-refractivity contribution < 1.29 is 15.0 Å². The lowest BCUT2D eigenvalue weighted by molar-refractivity contribution is 0.0696. The predicted molar refractivity (Wildman–Crippen MR) is 56.6 cm³/mol. The molecular weight excluding hydrogens is 200 g/mol. The van der Waals surface area contributed by atoms with Gasteiger partial charge in [0.15, 0.2) is 0 Å². The van der Waals surface area contributed by atoms with Crippen molar-refractivity contribution in [2.45, 2.75) is 5.75 Å². The average molecular weight is 212 g/mol. The first-order chi connectivity index (χ1) is 6.75. The highest BCUT2D eigenvalue weighted by molar-refractivity contribution is 7.98. The number of aromatic carboxylic acids is 1. The first-order valence-corrected chi connectivity index (χ1v) is 5.41. The molecule has 4 heteroatoms. The van der Waals surface area contributed by atoms with Crippen LogP contribution in [0.15, 0.2) is 24.3 Å². The summed E-state index contributed by atoms with van der Waals surface area (Å²) in [4.78, 5) is 10.8. The minimum atomic E-state index is -0.898. The molecule has 0 saturated heterocycles. The number of carboxylic acids is 1. The Hall–Kier alpha value is -1.00. The zero-order chi connectivity index (χ0) is 10.4. The number of thioether (sulfide) groups is 1. The van der Waals surface area contributed by atoms with Crippen molar-refractivity contribution in [1.82, 2.24) is 0 Å². The van der Waals surface area contributed by atoms with Crippen molar-refractivity contribution in [1.29, 1.82) is 0 Å². The van der Waals surface area contributed by atoms with Crippen molar-refractivity contribution in [2.75, 3.05) is 12.4 Å². The molecule has 0 aromatic heterocycles. The normalized spacial score (nSPS) is 10.1. The van der Waals surface area contributed by atoms with Gasteiger partial charge in [0.2, 0.25) is 0 Å². The number of carboxylic acid groups (broad SMARTS) is 1. The molecule has 0 unspecified atom stereocenters. The van der Waals surface area contributed by atoms with Crippen LogP contribution < -0.4 is 0 Å². The van der Waals surface area contributed by atoms with E-state index in [0.29, 0.717) is 17.1 Å². The molecule has 0 amide bonds. The molecule has 0 saturated carbocycles. The number of rotatable bonds is 5. The number of benzene rings is 1. The highest BCUT2D eigenvalue weighted by Gasteiger charge is 2.07. The molecule has 1 aromatic rings. The van der Waals surface area contributed by atoms with Crippen LogP contribution in [0.3, 0.4) is 0 Å². The maximum absolute atomic E-state index is 10.8. The van der Waals surface area contributed by atoms with E-state index in [0.717, 1.165) is 5.56 Å². The minimum Gasteiger partial charge on any atom is -0.478 e. The van der Waals surface area contributed by atoms with Crippen LogP contribution in [0, 0.1) is 0 Å². The number of hydrogen-bond acceptors (Lipinski definition) is 3. The van der Waals surface area contributed by atoms with Crippen molar-refractivity contribution in [3.8, 4) is 0 Å². The number of hydrogen-bond donors (Lipinski definition) is 2. The Bertz CT molecular complexity index is 312. The SMILES string of the molecule is O=C(O)c1ccccc1CSCCO. The lowest BCUT2D eigenvalue weighted by atomic mass is 10.1. The monoisotopic (exact) mass is 212 g/mol. The maximum Gasteiger partial charge on any atom is 0.335 e. The summed E-state index contributed by atoms with van der Waals surface area (Å²) in [6, 6.07) is 6.93. The fraction of sp³-hybridized carbons (Fsp3) is 0.300. The molecule has 0 aliphatic carbocycles. The topological polar surface area (TPSA) is 57.5 Å². The van der Waals surface area contributed by atoms with Gasteiger partial charge in [0, 0.05) is 11.5 Å². The summed E-state index contributed by atoms with van der Waals surface area (Å²) in [6.07, 6.45) is 0. The molecule has 14 heavy (non-hydrogen) atoms. The fourth-order valence-corrected chi connectivity index (χ4v) is 1.85. The van der Waals surface area contributed by atoms with E-state index in [1.54, 1.807) is 18.2 Å². The Balaban J connectivity index is 2.69. The molecule has 0 spiro atoms. The molecule has 0 fully saturated rings. The standard InChI is InChI=1S/C10H12O3S/c11-5-6-14-7-8-3-1-2-4-9(8)10(12)13/h1-4,11H,5-7H2,(H,12,13). The zero-order valence-electron chi connectivity index (χ0n) is 7.64. The van der Waals surface area contributed by atoms with Crippen molar-refractivity contribution >= 4 is 17.7 Å².